The lowest BCUT2D eigenvalue weighted by molar-refractivity contribution is -0.134. The summed E-state index contributed by atoms with van der Waals surface area (Å²) in [6.07, 6.45) is 0.726. The van der Waals surface area contributed by atoms with Crippen molar-refractivity contribution in [3.8, 4) is 17.2 Å². The Bertz CT molecular complexity index is 1250. The quantitative estimate of drug-likeness (QED) is 0.301. The number of benzene rings is 2. The molecule has 0 saturated carbocycles. The van der Waals surface area contributed by atoms with Gasteiger partial charge in [0.05, 0.1) is 12.3 Å². The molecule has 216 valence electrons. The van der Waals surface area contributed by atoms with Gasteiger partial charge in [-0.15, -0.1) is 0 Å². The number of aryl methyl sites for hydroxylation is 3. The number of ether oxygens (including phenoxy) is 2. The van der Waals surface area contributed by atoms with Gasteiger partial charge in [-0.05, 0) is 128 Å². The predicted molar refractivity (Wildman–Crippen MR) is 163 cm³/mol. The van der Waals surface area contributed by atoms with Gasteiger partial charge in [-0.25, -0.2) is 4.98 Å². The van der Waals surface area contributed by atoms with E-state index in [2.05, 4.69) is 67.5 Å². The molecule has 0 amide bonds. The Morgan fingerprint density at radius 2 is 1.31 bits per heavy atom. The molecule has 0 aliphatic carbocycles. The lowest BCUT2D eigenvalue weighted by Gasteiger charge is -2.17. The Balaban J connectivity index is 0.000000654. The predicted octanol–water partition coefficient (Wildman–Crippen LogP) is 8.77. The number of aromatic nitrogens is 1. The molecular formula is C34H51NO4. The van der Waals surface area contributed by atoms with Crippen LogP contribution in [0.15, 0.2) is 16.5 Å². The van der Waals surface area contributed by atoms with Gasteiger partial charge in [0.15, 0.2) is 5.78 Å². The smallest absolute Gasteiger partial charge is 0.227 e. The molecule has 5 nitrogen and oxygen atoms in total. The summed E-state index contributed by atoms with van der Waals surface area (Å²) in [7, 11) is 1.53. The van der Waals surface area contributed by atoms with Crippen molar-refractivity contribution < 1.29 is 18.7 Å². The average molecular weight is 538 g/mol. The molecule has 0 aliphatic heterocycles. The highest BCUT2D eigenvalue weighted by molar-refractivity contribution is 5.83. The van der Waals surface area contributed by atoms with Gasteiger partial charge in [-0.3, -0.25) is 4.79 Å². The molecule has 1 heterocycles. The van der Waals surface area contributed by atoms with Crippen LogP contribution in [0.4, 0.5) is 0 Å². The molecular weight excluding hydrogens is 486 g/mol. The van der Waals surface area contributed by atoms with Gasteiger partial charge in [0, 0.05) is 19.1 Å². The lowest BCUT2D eigenvalue weighted by atomic mass is 9.89. The zero-order chi connectivity index (χ0) is 30.2. The highest BCUT2D eigenvalue weighted by Crippen LogP contribution is 2.34. The maximum absolute atomic E-state index is 10.6. The molecule has 0 unspecified atom stereocenters. The standard InChI is InChI=1S/C26H33NO2.C6H12O2.C2H6/c1-14-10-11-15(2)25(16(14)3)28-13-12-23-22(9)29-26(27-23)24-20(7)18(5)17(4)19(6)21(24)8;1-5(7)6(2,3)8-4;1-2/h10-11H,12-13H2,1-9H3;1-4H3;1-2H3. The third-order valence-electron chi connectivity index (χ3n) is 7.92. The summed E-state index contributed by atoms with van der Waals surface area (Å²) in [5.41, 5.74) is 11.6. The summed E-state index contributed by atoms with van der Waals surface area (Å²) in [5, 5.41) is 0. The number of carbonyl (C=O) groups is 1. The van der Waals surface area contributed by atoms with Crippen molar-refractivity contribution in [1.82, 2.24) is 4.98 Å². The van der Waals surface area contributed by atoms with Gasteiger partial charge in [0.1, 0.15) is 17.1 Å². The molecule has 0 N–H and O–H groups in total. The van der Waals surface area contributed by atoms with E-state index in [0.29, 0.717) is 6.61 Å². The van der Waals surface area contributed by atoms with Crippen molar-refractivity contribution in [3.63, 3.8) is 0 Å². The molecule has 3 rings (SSSR count). The van der Waals surface area contributed by atoms with Crippen molar-refractivity contribution >= 4 is 5.78 Å². The molecule has 2 aromatic carbocycles. The monoisotopic (exact) mass is 537 g/mol. The van der Waals surface area contributed by atoms with E-state index in [1.807, 2.05) is 20.8 Å². The van der Waals surface area contributed by atoms with Crippen molar-refractivity contribution in [2.45, 2.75) is 109 Å². The molecule has 0 fully saturated rings. The number of Topliss-reactive ketones (excluding diaryl/α,β-unsaturated/α-hetero) is 1. The van der Waals surface area contributed by atoms with Crippen LogP contribution in [-0.2, 0) is 16.0 Å². The van der Waals surface area contributed by atoms with Crippen LogP contribution in [0.1, 0.15) is 90.6 Å². The molecule has 39 heavy (non-hydrogen) atoms. The Morgan fingerprint density at radius 3 is 1.77 bits per heavy atom. The van der Waals surface area contributed by atoms with E-state index in [-0.39, 0.29) is 5.78 Å². The topological polar surface area (TPSA) is 61.6 Å². The summed E-state index contributed by atoms with van der Waals surface area (Å²) in [6.45, 7) is 28.8. The van der Waals surface area contributed by atoms with Gasteiger partial charge in [-0.1, -0.05) is 26.0 Å². The fourth-order valence-corrected chi connectivity index (χ4v) is 4.13. The number of nitrogens with zero attached hydrogens (tertiary/aromatic N) is 1. The third-order valence-corrected chi connectivity index (χ3v) is 7.92. The molecule has 3 aromatic rings. The van der Waals surface area contributed by atoms with Crippen molar-refractivity contribution in [2.75, 3.05) is 13.7 Å². The Kier molecular flexibility index (Phi) is 12.6. The number of rotatable bonds is 7. The number of carbonyl (C=O) groups excluding carboxylic acids is 1. The van der Waals surface area contributed by atoms with Gasteiger partial charge in [-0.2, -0.15) is 0 Å². The van der Waals surface area contributed by atoms with Crippen molar-refractivity contribution in [1.29, 1.82) is 0 Å². The molecule has 0 atom stereocenters. The van der Waals surface area contributed by atoms with E-state index in [0.717, 1.165) is 35.1 Å². The highest BCUT2D eigenvalue weighted by atomic mass is 16.5. The minimum atomic E-state index is -0.597. The second-order valence-electron chi connectivity index (χ2n) is 10.5. The van der Waals surface area contributed by atoms with E-state index in [4.69, 9.17) is 18.9 Å². The Labute approximate surface area is 237 Å². The number of oxazole rings is 1. The Morgan fingerprint density at radius 1 is 0.821 bits per heavy atom. The molecule has 1 aromatic heterocycles. The summed E-state index contributed by atoms with van der Waals surface area (Å²) < 4.78 is 17.1. The fraction of sp³-hybridized carbons (Fsp3) is 0.529. The number of ketones is 1. The number of hydrogen-bond acceptors (Lipinski definition) is 5. The molecule has 0 saturated heterocycles. The van der Waals surface area contributed by atoms with E-state index in [9.17, 15) is 4.79 Å². The van der Waals surface area contributed by atoms with Crippen LogP contribution in [0, 0.1) is 62.3 Å². The first-order valence-electron chi connectivity index (χ1n) is 13.9. The normalized spacial score (nSPS) is 10.8. The van der Waals surface area contributed by atoms with Crippen molar-refractivity contribution in [2.24, 2.45) is 0 Å². The van der Waals surface area contributed by atoms with E-state index < -0.39 is 5.60 Å². The number of methoxy groups -OCH3 is 1. The van der Waals surface area contributed by atoms with Crippen LogP contribution < -0.4 is 4.74 Å². The first kappa shape index (κ1) is 34.1. The third kappa shape index (κ3) is 8.04. The second-order valence-corrected chi connectivity index (χ2v) is 10.5. The van der Waals surface area contributed by atoms with E-state index in [1.165, 1.54) is 58.5 Å². The summed E-state index contributed by atoms with van der Waals surface area (Å²) in [5.74, 6) is 2.64. The SMILES string of the molecule is CC.COC(C)(C)C(C)=O.Cc1ccc(C)c(OCCc2nc(-c3c(C)c(C)c(C)c(C)c3C)oc2C)c1C. The van der Waals surface area contributed by atoms with Crippen LogP contribution >= 0.6 is 0 Å². The van der Waals surface area contributed by atoms with E-state index >= 15 is 0 Å². The molecule has 0 spiro atoms. The summed E-state index contributed by atoms with van der Waals surface area (Å²) in [4.78, 5) is 15.4. The Hall–Kier alpha value is -2.92. The molecule has 5 heteroatoms. The molecule has 0 radical (unpaired) electrons. The zero-order valence-corrected chi connectivity index (χ0v) is 27.1. The highest BCUT2D eigenvalue weighted by Gasteiger charge is 2.22. The minimum Gasteiger partial charge on any atom is -0.493 e. The first-order chi connectivity index (χ1) is 18.1. The van der Waals surface area contributed by atoms with Crippen LogP contribution in [0.2, 0.25) is 0 Å². The van der Waals surface area contributed by atoms with Crippen LogP contribution in [0.5, 0.6) is 5.75 Å². The first-order valence-corrected chi connectivity index (χ1v) is 13.9. The second kappa shape index (κ2) is 14.5. The van der Waals surface area contributed by atoms with E-state index in [1.54, 1.807) is 13.8 Å². The molecule has 0 aliphatic rings. The fourth-order valence-electron chi connectivity index (χ4n) is 4.13. The lowest BCUT2D eigenvalue weighted by Crippen LogP contribution is -2.31. The van der Waals surface area contributed by atoms with Crippen molar-refractivity contribution in [3.05, 3.63) is 68.1 Å². The molecule has 0 bridgehead atoms. The van der Waals surface area contributed by atoms with Gasteiger partial charge < -0.3 is 13.9 Å². The maximum Gasteiger partial charge on any atom is 0.227 e. The largest absolute Gasteiger partial charge is 0.493 e. The number of hydrogen-bond donors (Lipinski definition) is 0. The average Bonchev–Trinajstić information content (AvgIpc) is 3.27. The zero-order valence-electron chi connectivity index (χ0n) is 27.1. The van der Waals surface area contributed by atoms with Gasteiger partial charge in [0.2, 0.25) is 5.89 Å². The van der Waals surface area contributed by atoms with Crippen LogP contribution in [0.25, 0.3) is 11.5 Å². The van der Waals surface area contributed by atoms with Crippen LogP contribution in [0.3, 0.4) is 0 Å². The van der Waals surface area contributed by atoms with Gasteiger partial charge in [0.25, 0.3) is 0 Å². The van der Waals surface area contributed by atoms with Gasteiger partial charge >= 0.3 is 0 Å². The van der Waals surface area contributed by atoms with Crippen LogP contribution in [-0.4, -0.2) is 30.1 Å². The summed E-state index contributed by atoms with van der Waals surface area (Å²) in [6, 6.07) is 4.26. The minimum absolute atomic E-state index is 0.0556. The summed E-state index contributed by atoms with van der Waals surface area (Å²) >= 11 is 0. The maximum atomic E-state index is 10.6.